The summed E-state index contributed by atoms with van der Waals surface area (Å²) >= 11 is 0. The van der Waals surface area contributed by atoms with E-state index in [-0.39, 0.29) is 10.3 Å². The predicted octanol–water partition coefficient (Wildman–Crippen LogP) is 1.08. The van der Waals surface area contributed by atoms with Gasteiger partial charge in [0, 0.05) is 16.3 Å². The fourth-order valence-electron chi connectivity index (χ4n) is 1.69. The van der Waals surface area contributed by atoms with E-state index >= 15 is 0 Å². The van der Waals surface area contributed by atoms with Gasteiger partial charge in [-0.15, -0.1) is 0 Å². The molecule has 0 heterocycles. The zero-order valence-corrected chi connectivity index (χ0v) is 12.5. The van der Waals surface area contributed by atoms with Gasteiger partial charge in [-0.05, 0) is 40.0 Å². The van der Waals surface area contributed by atoms with E-state index in [2.05, 4.69) is 79.1 Å². The van der Waals surface area contributed by atoms with E-state index in [0.717, 1.165) is 0 Å². The average Bonchev–Trinajstić information content (AvgIpc) is 1.98. The first-order valence-electron chi connectivity index (χ1n) is 4.95. The largest absolute Gasteiger partial charge is 0.295 e. The highest BCUT2D eigenvalue weighted by molar-refractivity contribution is 6.25. The summed E-state index contributed by atoms with van der Waals surface area (Å²) in [5, 5.41) is -0.246. The lowest BCUT2D eigenvalue weighted by atomic mass is 10.1. The lowest BCUT2D eigenvalue weighted by Gasteiger charge is -2.54. The number of hydrogen-bond donors (Lipinski definition) is 0. The van der Waals surface area contributed by atoms with E-state index in [1.165, 1.54) is 0 Å². The van der Waals surface area contributed by atoms with Gasteiger partial charge in [-0.25, -0.2) is 0 Å². The van der Waals surface area contributed by atoms with Crippen molar-refractivity contribution in [1.29, 1.82) is 0 Å². The quantitative estimate of drug-likeness (QED) is 0.523. The molecule has 0 aliphatic heterocycles. The third kappa shape index (κ3) is 2.48. The molecule has 0 saturated carbocycles. The van der Waals surface area contributed by atoms with Crippen molar-refractivity contribution in [3.63, 3.8) is 0 Å². The molecule has 0 aliphatic carbocycles. The van der Waals surface area contributed by atoms with Crippen molar-refractivity contribution >= 4 is 20.5 Å². The van der Waals surface area contributed by atoms with Gasteiger partial charge in [0.1, 0.15) is 0 Å². The molecule has 0 N–H and O–H groups in total. The minimum absolute atomic E-state index is 0.0492. The Balaban J connectivity index is 5.11. The Labute approximate surface area is 95.9 Å². The van der Waals surface area contributed by atoms with Crippen LogP contribution in [0.5, 0.6) is 0 Å². The maximum atomic E-state index is 3.90. The molecule has 0 amide bonds. The van der Waals surface area contributed by atoms with Crippen LogP contribution < -0.4 is 0 Å². The summed E-state index contributed by atoms with van der Waals surface area (Å²) in [7, 11) is 14.0. The summed E-state index contributed by atoms with van der Waals surface area (Å²) in [6.07, 6.45) is 0. The number of hydrogen-bond acceptors (Lipinski definition) is 2. The molecule has 1 unspecified atom stereocenters. The molecule has 80 valence electrons. The molecule has 2 nitrogen and oxygen atoms in total. The van der Waals surface area contributed by atoms with Crippen LogP contribution in [0.1, 0.15) is 27.7 Å². The first-order valence-corrected chi connectivity index (χ1v) is 5.95. The number of rotatable bonds is 4. The standard InChI is InChI=1S/C10H22N2Si2/c1-8(2)12(7)10(14,11(5)6)9(3,4)13/h8H,1-7H3. The normalized spacial score (nSPS) is 18.0. The molecule has 0 bridgehead atoms. The molecule has 0 spiro atoms. The minimum Gasteiger partial charge on any atom is -0.295 e. The second-order valence-electron chi connectivity index (χ2n) is 4.90. The van der Waals surface area contributed by atoms with E-state index in [1.54, 1.807) is 0 Å². The van der Waals surface area contributed by atoms with Gasteiger partial charge in [-0.3, -0.25) is 9.80 Å². The fourth-order valence-corrected chi connectivity index (χ4v) is 2.35. The van der Waals surface area contributed by atoms with E-state index in [0.29, 0.717) is 6.04 Å². The van der Waals surface area contributed by atoms with Gasteiger partial charge in [0.2, 0.25) is 0 Å². The monoisotopic (exact) mass is 226 g/mol. The summed E-state index contributed by atoms with van der Waals surface area (Å²) in [6.45, 7) is 8.71. The third-order valence-corrected chi connectivity index (χ3v) is 4.83. The van der Waals surface area contributed by atoms with E-state index < -0.39 is 0 Å². The van der Waals surface area contributed by atoms with Crippen LogP contribution in [-0.2, 0) is 0 Å². The Hall–Kier alpha value is 0.354. The topological polar surface area (TPSA) is 6.48 Å². The van der Waals surface area contributed by atoms with Gasteiger partial charge in [0.15, 0.2) is 0 Å². The van der Waals surface area contributed by atoms with Crippen molar-refractivity contribution in [1.82, 2.24) is 9.80 Å². The molecule has 0 saturated heterocycles. The zero-order chi connectivity index (χ0) is 11.7. The molecule has 0 aromatic heterocycles. The van der Waals surface area contributed by atoms with Crippen LogP contribution in [0.15, 0.2) is 0 Å². The zero-order valence-electron chi connectivity index (χ0n) is 10.5. The Morgan fingerprint density at radius 2 is 1.36 bits per heavy atom. The van der Waals surface area contributed by atoms with Crippen molar-refractivity contribution in [2.24, 2.45) is 0 Å². The molecule has 0 rings (SSSR count). The van der Waals surface area contributed by atoms with Crippen LogP contribution in [0.2, 0.25) is 5.04 Å². The van der Waals surface area contributed by atoms with Crippen molar-refractivity contribution in [2.75, 3.05) is 21.1 Å². The lowest BCUT2D eigenvalue weighted by Crippen LogP contribution is -2.64. The van der Waals surface area contributed by atoms with E-state index in [9.17, 15) is 0 Å². The van der Waals surface area contributed by atoms with Gasteiger partial charge in [-0.1, -0.05) is 13.8 Å². The summed E-state index contributed by atoms with van der Waals surface area (Å²) in [5.74, 6) is 0. The first kappa shape index (κ1) is 14.4. The summed E-state index contributed by atoms with van der Waals surface area (Å²) in [5.41, 5.74) is 0. The highest BCUT2D eigenvalue weighted by atomic mass is 28.2. The average molecular weight is 226 g/mol. The molecule has 0 aromatic rings. The summed E-state index contributed by atoms with van der Waals surface area (Å²) in [6, 6.07) is 0.477. The Bertz CT molecular complexity index is 187. The van der Waals surface area contributed by atoms with Crippen molar-refractivity contribution < 1.29 is 0 Å². The van der Waals surface area contributed by atoms with Crippen molar-refractivity contribution in [2.45, 2.75) is 44.1 Å². The van der Waals surface area contributed by atoms with Gasteiger partial charge in [0.25, 0.3) is 0 Å². The van der Waals surface area contributed by atoms with Crippen LogP contribution in [0.3, 0.4) is 0 Å². The summed E-state index contributed by atoms with van der Waals surface area (Å²) in [4.78, 5) is 4.48. The third-order valence-electron chi connectivity index (χ3n) is 2.80. The van der Waals surface area contributed by atoms with Gasteiger partial charge < -0.3 is 0 Å². The van der Waals surface area contributed by atoms with Crippen molar-refractivity contribution in [3.8, 4) is 0 Å². The smallest absolute Gasteiger partial charge is 0.0755 e. The Kier molecular flexibility index (Phi) is 4.58. The van der Waals surface area contributed by atoms with Crippen LogP contribution in [0.25, 0.3) is 0 Å². The molecule has 14 heavy (non-hydrogen) atoms. The van der Waals surface area contributed by atoms with Gasteiger partial charge >= 0.3 is 0 Å². The predicted molar refractivity (Wildman–Crippen MR) is 64.9 cm³/mol. The maximum Gasteiger partial charge on any atom is 0.0755 e. The Morgan fingerprint density at radius 3 is 1.43 bits per heavy atom. The van der Waals surface area contributed by atoms with Gasteiger partial charge in [-0.2, -0.15) is 0 Å². The van der Waals surface area contributed by atoms with Crippen LogP contribution in [-0.4, -0.2) is 62.8 Å². The highest BCUT2D eigenvalue weighted by Crippen LogP contribution is 2.38. The van der Waals surface area contributed by atoms with Crippen molar-refractivity contribution in [3.05, 3.63) is 0 Å². The summed E-state index contributed by atoms with van der Waals surface area (Å²) < 4.78 is 0. The molecule has 6 radical (unpaired) electrons. The highest BCUT2D eigenvalue weighted by Gasteiger charge is 2.43. The lowest BCUT2D eigenvalue weighted by molar-refractivity contribution is 0.00934. The van der Waals surface area contributed by atoms with E-state index in [4.69, 9.17) is 0 Å². The SMILES string of the molecule is CC(C)N(C)C([Si])(N(C)C)C(C)(C)[Si]. The number of nitrogens with zero attached hydrogens (tertiary/aromatic N) is 2. The van der Waals surface area contributed by atoms with Crippen LogP contribution in [0, 0.1) is 0 Å². The van der Waals surface area contributed by atoms with Crippen LogP contribution >= 0.6 is 0 Å². The van der Waals surface area contributed by atoms with E-state index in [1.807, 2.05) is 0 Å². The molecule has 1 atom stereocenters. The molecule has 0 aromatic carbocycles. The molecular weight excluding hydrogens is 204 g/mol. The second kappa shape index (κ2) is 4.47. The van der Waals surface area contributed by atoms with Gasteiger partial charge in [0.05, 0.1) is 15.5 Å². The Morgan fingerprint density at radius 1 is 1.00 bits per heavy atom. The second-order valence-corrected chi connectivity index (χ2v) is 6.84. The molecule has 0 aliphatic rings. The molecular formula is C10H22N2Si2. The van der Waals surface area contributed by atoms with Crippen LogP contribution in [0.4, 0.5) is 0 Å². The molecule has 0 fully saturated rings. The first-order chi connectivity index (χ1) is 6.05. The fraction of sp³-hybridized carbons (Fsp3) is 1.00. The minimum atomic E-state index is -0.196. The maximum absolute atomic E-state index is 3.90. The molecule has 4 heteroatoms.